The van der Waals surface area contributed by atoms with Crippen LogP contribution in [0.2, 0.25) is 0 Å². The summed E-state index contributed by atoms with van der Waals surface area (Å²) in [5, 5.41) is 21.1. The van der Waals surface area contributed by atoms with Crippen molar-refractivity contribution in [2.75, 3.05) is 0 Å². The van der Waals surface area contributed by atoms with Gasteiger partial charge in [-0.05, 0) is 53.1 Å². The van der Waals surface area contributed by atoms with Crippen LogP contribution in [-0.4, -0.2) is 42.1 Å². The van der Waals surface area contributed by atoms with Crippen molar-refractivity contribution in [1.82, 2.24) is 30.6 Å². The summed E-state index contributed by atoms with van der Waals surface area (Å²) in [6.07, 6.45) is 5.63. The van der Waals surface area contributed by atoms with Gasteiger partial charge >= 0.3 is 0 Å². The van der Waals surface area contributed by atoms with E-state index in [2.05, 4.69) is 15.5 Å². The zero-order chi connectivity index (χ0) is 22.3. The first-order valence-corrected chi connectivity index (χ1v) is 10.8. The van der Waals surface area contributed by atoms with E-state index in [4.69, 9.17) is 5.21 Å². The van der Waals surface area contributed by atoms with Crippen LogP contribution < -0.4 is 5.48 Å². The quantitative estimate of drug-likeness (QED) is 0.436. The third-order valence-electron chi connectivity index (χ3n) is 5.81. The monoisotopic (exact) mass is 434 g/mol. The van der Waals surface area contributed by atoms with E-state index in [-0.39, 0.29) is 18.5 Å². The summed E-state index contributed by atoms with van der Waals surface area (Å²) >= 11 is 0. The first kappa shape index (κ1) is 21.6. The van der Waals surface area contributed by atoms with Gasteiger partial charge in [-0.25, -0.2) is 10.2 Å². The lowest BCUT2D eigenvalue weighted by atomic mass is 9.95. The van der Waals surface area contributed by atoms with Crippen LogP contribution in [0.15, 0.2) is 54.6 Å². The summed E-state index contributed by atoms with van der Waals surface area (Å²) in [6.45, 7) is 0.600. The fourth-order valence-electron chi connectivity index (χ4n) is 4.11. The molecular formula is C23H26N6O3. The van der Waals surface area contributed by atoms with Crippen molar-refractivity contribution in [3.8, 4) is 0 Å². The number of hydrogen-bond acceptors (Lipinski definition) is 6. The predicted molar refractivity (Wildman–Crippen MR) is 116 cm³/mol. The number of hydroxylamine groups is 1. The molecule has 2 aromatic carbocycles. The molecule has 0 bridgehead atoms. The lowest BCUT2D eigenvalue weighted by Gasteiger charge is -2.26. The molecule has 0 aliphatic heterocycles. The Kier molecular flexibility index (Phi) is 6.86. The van der Waals surface area contributed by atoms with Crippen LogP contribution in [0, 0.1) is 0 Å². The first-order chi connectivity index (χ1) is 15.7. The molecule has 9 nitrogen and oxygen atoms in total. The number of nitrogens with one attached hydrogen (secondary N) is 1. The lowest BCUT2D eigenvalue weighted by molar-refractivity contribution is 0.0703. The van der Waals surface area contributed by atoms with Crippen molar-refractivity contribution in [2.24, 2.45) is 0 Å². The molecule has 166 valence electrons. The number of hydrogen-bond donors (Lipinski definition) is 2. The third-order valence-corrected chi connectivity index (χ3v) is 5.81. The SMILES string of the molecule is O=C(NO)c1ccc(CN(Cc2nnnn2C2CCCCC2)C(=O)c2ccccc2)cc1. The Hall–Kier alpha value is -3.59. The van der Waals surface area contributed by atoms with E-state index >= 15 is 0 Å². The van der Waals surface area contributed by atoms with Gasteiger partial charge in [-0.2, -0.15) is 0 Å². The largest absolute Gasteiger partial charge is 0.327 e. The van der Waals surface area contributed by atoms with E-state index in [9.17, 15) is 9.59 Å². The van der Waals surface area contributed by atoms with Crippen molar-refractivity contribution >= 4 is 11.8 Å². The van der Waals surface area contributed by atoms with Crippen molar-refractivity contribution in [3.63, 3.8) is 0 Å². The van der Waals surface area contributed by atoms with Gasteiger partial charge < -0.3 is 4.90 Å². The Labute approximate surface area is 186 Å². The second-order valence-electron chi connectivity index (χ2n) is 8.00. The fraction of sp³-hybridized carbons (Fsp3) is 0.348. The molecule has 1 aliphatic rings. The van der Waals surface area contributed by atoms with E-state index in [0.717, 1.165) is 31.2 Å². The lowest BCUT2D eigenvalue weighted by Crippen LogP contribution is -2.32. The number of rotatable bonds is 7. The number of amides is 2. The number of carbonyl (C=O) groups excluding carboxylic acids is 2. The Morgan fingerprint density at radius 1 is 0.969 bits per heavy atom. The van der Waals surface area contributed by atoms with E-state index in [1.54, 1.807) is 46.8 Å². The molecule has 1 aliphatic carbocycles. The summed E-state index contributed by atoms with van der Waals surface area (Å²) in [6, 6.07) is 16.1. The summed E-state index contributed by atoms with van der Waals surface area (Å²) in [4.78, 5) is 26.6. The Morgan fingerprint density at radius 3 is 2.38 bits per heavy atom. The number of tetrazole rings is 1. The second kappa shape index (κ2) is 10.1. The number of nitrogens with zero attached hydrogens (tertiary/aromatic N) is 5. The molecule has 0 atom stereocenters. The number of benzene rings is 2. The normalized spacial score (nSPS) is 14.2. The summed E-state index contributed by atoms with van der Waals surface area (Å²) in [7, 11) is 0. The summed E-state index contributed by atoms with van der Waals surface area (Å²) in [5.41, 5.74) is 3.38. The highest BCUT2D eigenvalue weighted by atomic mass is 16.5. The molecule has 0 unspecified atom stereocenters. The van der Waals surface area contributed by atoms with E-state index in [0.29, 0.717) is 23.5 Å². The molecule has 1 saturated carbocycles. The van der Waals surface area contributed by atoms with Gasteiger partial charge in [0.05, 0.1) is 12.6 Å². The zero-order valence-electron chi connectivity index (χ0n) is 17.7. The Morgan fingerprint density at radius 2 is 1.69 bits per heavy atom. The Bertz CT molecular complexity index is 1050. The highest BCUT2D eigenvalue weighted by Gasteiger charge is 2.24. The first-order valence-electron chi connectivity index (χ1n) is 10.8. The minimum absolute atomic E-state index is 0.124. The van der Waals surface area contributed by atoms with Crippen LogP contribution in [0.25, 0.3) is 0 Å². The van der Waals surface area contributed by atoms with Gasteiger partial charge in [0.25, 0.3) is 11.8 Å². The van der Waals surface area contributed by atoms with Gasteiger partial charge in [-0.1, -0.05) is 49.6 Å². The average molecular weight is 435 g/mol. The summed E-state index contributed by atoms with van der Waals surface area (Å²) < 4.78 is 1.87. The maximum absolute atomic E-state index is 13.3. The molecular weight excluding hydrogens is 408 g/mol. The van der Waals surface area contributed by atoms with Crippen LogP contribution in [0.1, 0.15) is 70.2 Å². The zero-order valence-corrected chi connectivity index (χ0v) is 17.7. The molecule has 0 saturated heterocycles. The minimum Gasteiger partial charge on any atom is -0.327 e. The fourth-order valence-corrected chi connectivity index (χ4v) is 4.11. The maximum Gasteiger partial charge on any atom is 0.274 e. The minimum atomic E-state index is -0.583. The van der Waals surface area contributed by atoms with Gasteiger partial charge in [-0.3, -0.25) is 14.8 Å². The molecule has 1 heterocycles. The van der Waals surface area contributed by atoms with Gasteiger partial charge in [0.15, 0.2) is 5.82 Å². The number of aromatic nitrogens is 4. The van der Waals surface area contributed by atoms with Crippen LogP contribution in [0.4, 0.5) is 0 Å². The van der Waals surface area contributed by atoms with Crippen molar-refractivity contribution in [1.29, 1.82) is 0 Å². The van der Waals surface area contributed by atoms with Gasteiger partial charge in [0.2, 0.25) is 0 Å². The molecule has 32 heavy (non-hydrogen) atoms. The molecule has 9 heteroatoms. The smallest absolute Gasteiger partial charge is 0.274 e. The second-order valence-corrected chi connectivity index (χ2v) is 8.00. The van der Waals surface area contributed by atoms with Crippen molar-refractivity contribution < 1.29 is 14.8 Å². The van der Waals surface area contributed by atoms with Gasteiger partial charge in [0.1, 0.15) is 0 Å². The Balaban J connectivity index is 1.58. The molecule has 0 spiro atoms. The van der Waals surface area contributed by atoms with Gasteiger partial charge in [0, 0.05) is 17.7 Å². The van der Waals surface area contributed by atoms with Crippen molar-refractivity contribution in [3.05, 3.63) is 77.1 Å². The highest BCUT2D eigenvalue weighted by molar-refractivity contribution is 5.94. The average Bonchev–Trinajstić information content (AvgIpc) is 3.32. The third kappa shape index (κ3) is 5.00. The molecule has 4 rings (SSSR count). The molecule has 2 amide bonds. The van der Waals surface area contributed by atoms with E-state index < -0.39 is 5.91 Å². The summed E-state index contributed by atoms with van der Waals surface area (Å²) in [5.74, 6) is -0.0427. The molecule has 3 aromatic rings. The van der Waals surface area contributed by atoms with Gasteiger partial charge in [-0.15, -0.1) is 5.10 Å². The topological polar surface area (TPSA) is 113 Å². The maximum atomic E-state index is 13.3. The van der Waals surface area contributed by atoms with Crippen LogP contribution in [0.5, 0.6) is 0 Å². The van der Waals surface area contributed by atoms with Crippen LogP contribution >= 0.6 is 0 Å². The molecule has 1 aromatic heterocycles. The van der Waals surface area contributed by atoms with Crippen LogP contribution in [-0.2, 0) is 13.1 Å². The van der Waals surface area contributed by atoms with Crippen molar-refractivity contribution in [2.45, 2.75) is 51.2 Å². The molecule has 0 radical (unpaired) electrons. The molecule has 1 fully saturated rings. The van der Waals surface area contributed by atoms with E-state index in [1.165, 1.54) is 6.42 Å². The number of carbonyl (C=O) groups is 2. The van der Waals surface area contributed by atoms with Crippen LogP contribution in [0.3, 0.4) is 0 Å². The van der Waals surface area contributed by atoms with E-state index in [1.807, 2.05) is 22.9 Å². The predicted octanol–water partition coefficient (Wildman–Crippen LogP) is 3.14. The molecule has 2 N–H and O–H groups in total. The standard InChI is InChI=1S/C23H26N6O3/c30-22(25-32)18-13-11-17(12-14-18)15-28(23(31)19-7-3-1-4-8-19)16-21-24-26-27-29(21)20-9-5-2-6-10-20/h1,3-4,7-8,11-14,20,32H,2,5-6,9-10,15-16H2,(H,25,30). The highest BCUT2D eigenvalue weighted by Crippen LogP contribution is 2.28.